The summed E-state index contributed by atoms with van der Waals surface area (Å²) in [5.41, 5.74) is 0.363. The normalized spacial score (nSPS) is 15.7. The first-order valence-corrected chi connectivity index (χ1v) is 6.87. The summed E-state index contributed by atoms with van der Waals surface area (Å²) in [6.07, 6.45) is 0. The number of benzene rings is 1. The highest BCUT2D eigenvalue weighted by Crippen LogP contribution is 2.26. The Morgan fingerprint density at radius 1 is 1.43 bits per heavy atom. The number of ether oxygens (including phenoxy) is 2. The molecule has 0 aliphatic carbocycles. The van der Waals surface area contributed by atoms with Crippen molar-refractivity contribution >= 4 is 11.7 Å². The molecule has 1 aliphatic heterocycles. The zero-order valence-corrected chi connectivity index (χ0v) is 11.9. The summed E-state index contributed by atoms with van der Waals surface area (Å²) in [6, 6.07) is 4.75. The van der Waals surface area contributed by atoms with Gasteiger partial charge in [0, 0.05) is 25.2 Å². The van der Waals surface area contributed by atoms with Crippen LogP contribution in [-0.4, -0.2) is 48.7 Å². The summed E-state index contributed by atoms with van der Waals surface area (Å²) < 4.78 is 10.1. The van der Waals surface area contributed by atoms with Gasteiger partial charge in [-0.25, -0.2) is 4.79 Å². The van der Waals surface area contributed by atoms with Crippen molar-refractivity contribution in [2.24, 2.45) is 0 Å². The topological polar surface area (TPSA) is 81.9 Å². The number of nitrogens with zero attached hydrogens (tertiary/aromatic N) is 2. The number of rotatable bonds is 5. The molecule has 1 aliphatic rings. The molecular weight excluding hydrogens is 276 g/mol. The summed E-state index contributed by atoms with van der Waals surface area (Å²) in [4.78, 5) is 24.8. The van der Waals surface area contributed by atoms with Gasteiger partial charge in [-0.3, -0.25) is 15.0 Å². The van der Waals surface area contributed by atoms with Crippen LogP contribution in [0.15, 0.2) is 18.2 Å². The predicted octanol–water partition coefficient (Wildman–Crippen LogP) is 1.60. The van der Waals surface area contributed by atoms with Gasteiger partial charge in [0.25, 0.3) is 5.69 Å². The van der Waals surface area contributed by atoms with Crippen LogP contribution in [0.4, 0.5) is 5.69 Å². The van der Waals surface area contributed by atoms with Crippen molar-refractivity contribution in [2.75, 3.05) is 32.9 Å². The van der Waals surface area contributed by atoms with E-state index in [4.69, 9.17) is 9.47 Å². The average molecular weight is 294 g/mol. The van der Waals surface area contributed by atoms with E-state index in [0.29, 0.717) is 25.3 Å². The fourth-order valence-corrected chi connectivity index (χ4v) is 2.31. The van der Waals surface area contributed by atoms with E-state index in [9.17, 15) is 14.9 Å². The van der Waals surface area contributed by atoms with Crippen molar-refractivity contribution in [1.82, 2.24) is 4.90 Å². The lowest BCUT2D eigenvalue weighted by Crippen LogP contribution is -2.35. The minimum atomic E-state index is -0.659. The number of carbonyl (C=O) groups excluding carboxylic acids is 1. The molecule has 2 rings (SSSR count). The third kappa shape index (κ3) is 3.77. The molecule has 0 amide bonds. The third-order valence-electron chi connectivity index (χ3n) is 3.30. The fraction of sp³-hybridized carbons (Fsp3) is 0.500. The van der Waals surface area contributed by atoms with Gasteiger partial charge in [-0.1, -0.05) is 12.1 Å². The Morgan fingerprint density at radius 3 is 2.76 bits per heavy atom. The molecule has 1 saturated heterocycles. The van der Waals surface area contributed by atoms with Crippen LogP contribution >= 0.6 is 0 Å². The molecule has 0 N–H and O–H groups in total. The maximum Gasteiger partial charge on any atom is 0.345 e. The van der Waals surface area contributed by atoms with Crippen LogP contribution < -0.4 is 0 Å². The Labute approximate surface area is 122 Å². The van der Waals surface area contributed by atoms with Gasteiger partial charge in [0.1, 0.15) is 5.56 Å². The molecule has 21 heavy (non-hydrogen) atoms. The van der Waals surface area contributed by atoms with E-state index in [2.05, 4.69) is 4.90 Å². The Hall–Kier alpha value is -1.99. The van der Waals surface area contributed by atoms with E-state index in [1.165, 1.54) is 6.07 Å². The SMILES string of the molecule is CCOC(=O)c1cccc(CN2CCOCC2)c1[N+](=O)[O-]. The molecule has 114 valence electrons. The summed E-state index contributed by atoms with van der Waals surface area (Å²) >= 11 is 0. The zero-order chi connectivity index (χ0) is 15.2. The van der Waals surface area contributed by atoms with E-state index < -0.39 is 10.9 Å². The largest absolute Gasteiger partial charge is 0.462 e. The smallest absolute Gasteiger partial charge is 0.345 e. The summed E-state index contributed by atoms with van der Waals surface area (Å²) in [5.74, 6) is -0.659. The summed E-state index contributed by atoms with van der Waals surface area (Å²) in [6.45, 7) is 4.95. The molecule has 0 unspecified atom stereocenters. The number of hydrogen-bond acceptors (Lipinski definition) is 6. The van der Waals surface area contributed by atoms with Crippen molar-refractivity contribution in [1.29, 1.82) is 0 Å². The van der Waals surface area contributed by atoms with Gasteiger partial charge < -0.3 is 9.47 Å². The number of morpholine rings is 1. The van der Waals surface area contributed by atoms with Gasteiger partial charge in [0.15, 0.2) is 0 Å². The molecule has 1 aromatic rings. The second-order valence-electron chi connectivity index (χ2n) is 4.68. The molecule has 0 radical (unpaired) electrons. The number of carbonyl (C=O) groups is 1. The standard InChI is InChI=1S/C14H18N2O5/c1-2-21-14(17)12-5-3-4-11(13(12)16(18)19)10-15-6-8-20-9-7-15/h3-5H,2,6-10H2,1H3. The molecule has 1 aromatic carbocycles. The number of esters is 1. The lowest BCUT2D eigenvalue weighted by atomic mass is 10.1. The molecule has 1 fully saturated rings. The van der Waals surface area contributed by atoms with Crippen molar-refractivity contribution in [3.8, 4) is 0 Å². The lowest BCUT2D eigenvalue weighted by molar-refractivity contribution is -0.386. The monoisotopic (exact) mass is 294 g/mol. The molecular formula is C14H18N2O5. The van der Waals surface area contributed by atoms with Gasteiger partial charge in [-0.05, 0) is 13.0 Å². The second kappa shape index (κ2) is 7.14. The van der Waals surface area contributed by atoms with Crippen LogP contribution in [-0.2, 0) is 16.0 Å². The first kappa shape index (κ1) is 15.4. The highest BCUT2D eigenvalue weighted by Gasteiger charge is 2.26. The molecule has 7 nitrogen and oxygen atoms in total. The van der Waals surface area contributed by atoms with E-state index in [1.54, 1.807) is 19.1 Å². The van der Waals surface area contributed by atoms with E-state index in [0.717, 1.165) is 13.1 Å². The van der Waals surface area contributed by atoms with Crippen molar-refractivity contribution in [3.63, 3.8) is 0 Å². The number of para-hydroxylation sites is 1. The minimum Gasteiger partial charge on any atom is -0.462 e. The molecule has 0 aromatic heterocycles. The van der Waals surface area contributed by atoms with Crippen LogP contribution in [0.5, 0.6) is 0 Å². The second-order valence-corrected chi connectivity index (χ2v) is 4.68. The van der Waals surface area contributed by atoms with Crippen LogP contribution in [0.3, 0.4) is 0 Å². The Balaban J connectivity index is 2.29. The lowest BCUT2D eigenvalue weighted by Gasteiger charge is -2.26. The highest BCUT2D eigenvalue weighted by molar-refractivity contribution is 5.94. The molecule has 0 atom stereocenters. The Bertz CT molecular complexity index is 526. The number of hydrogen-bond donors (Lipinski definition) is 0. The van der Waals surface area contributed by atoms with Gasteiger partial charge in [-0.2, -0.15) is 0 Å². The third-order valence-corrected chi connectivity index (χ3v) is 3.30. The average Bonchev–Trinajstić information content (AvgIpc) is 2.48. The highest BCUT2D eigenvalue weighted by atomic mass is 16.6. The predicted molar refractivity (Wildman–Crippen MR) is 75.1 cm³/mol. The van der Waals surface area contributed by atoms with Crippen LogP contribution in [0, 0.1) is 10.1 Å². The quantitative estimate of drug-likeness (QED) is 0.466. The molecule has 7 heteroatoms. The van der Waals surface area contributed by atoms with Crippen LogP contribution in [0.2, 0.25) is 0 Å². The van der Waals surface area contributed by atoms with Gasteiger partial charge in [-0.15, -0.1) is 0 Å². The van der Waals surface area contributed by atoms with Crippen LogP contribution in [0.1, 0.15) is 22.8 Å². The minimum absolute atomic E-state index is 0.00705. The maximum absolute atomic E-state index is 11.9. The summed E-state index contributed by atoms with van der Waals surface area (Å²) in [7, 11) is 0. The Morgan fingerprint density at radius 2 is 2.14 bits per heavy atom. The fourth-order valence-electron chi connectivity index (χ4n) is 2.31. The van der Waals surface area contributed by atoms with Gasteiger partial charge in [0.05, 0.1) is 24.7 Å². The number of nitro benzene ring substituents is 1. The number of nitro groups is 1. The Kier molecular flexibility index (Phi) is 5.24. The van der Waals surface area contributed by atoms with E-state index in [1.807, 2.05) is 0 Å². The van der Waals surface area contributed by atoms with E-state index in [-0.39, 0.29) is 17.9 Å². The summed E-state index contributed by atoms with van der Waals surface area (Å²) in [5, 5.41) is 11.3. The van der Waals surface area contributed by atoms with Crippen LogP contribution in [0.25, 0.3) is 0 Å². The van der Waals surface area contributed by atoms with Crippen molar-refractivity contribution < 1.29 is 19.2 Å². The van der Waals surface area contributed by atoms with E-state index >= 15 is 0 Å². The van der Waals surface area contributed by atoms with Gasteiger partial charge in [0.2, 0.25) is 0 Å². The molecule has 0 spiro atoms. The van der Waals surface area contributed by atoms with Gasteiger partial charge >= 0.3 is 5.97 Å². The first-order valence-electron chi connectivity index (χ1n) is 6.87. The van der Waals surface area contributed by atoms with Crippen molar-refractivity contribution in [3.05, 3.63) is 39.4 Å². The molecule has 1 heterocycles. The van der Waals surface area contributed by atoms with Crippen molar-refractivity contribution in [2.45, 2.75) is 13.5 Å². The maximum atomic E-state index is 11.9. The first-order chi connectivity index (χ1) is 10.1. The molecule has 0 bridgehead atoms. The zero-order valence-electron chi connectivity index (χ0n) is 11.9. The molecule has 0 saturated carbocycles.